The molecule has 2 unspecified atom stereocenters. The average Bonchev–Trinajstić information content (AvgIpc) is 2.79. The van der Waals surface area contributed by atoms with Gasteiger partial charge in [0.2, 0.25) is 0 Å². The normalized spacial score (nSPS) is 12.3. The largest absolute Gasteiger partial charge is 0.507 e. The van der Waals surface area contributed by atoms with E-state index in [-0.39, 0.29) is 20.1 Å². The van der Waals surface area contributed by atoms with Gasteiger partial charge in [-0.2, -0.15) is 0 Å². The van der Waals surface area contributed by atoms with Crippen molar-refractivity contribution in [1.82, 2.24) is 0 Å². The molecule has 0 saturated carbocycles. The third-order valence-electron chi connectivity index (χ3n) is 5.47. The Balaban J connectivity index is 1.75. The molecule has 0 aliphatic rings. The second-order valence-electron chi connectivity index (χ2n) is 8.01. The first-order chi connectivity index (χ1) is 15.5. The SMILES string of the molecule is CC(O)c1cc(F)ccc1Pc1cc(Cc2ccccc2)cc(Cc2ccccc2)c1O. The number of aliphatic hydroxyl groups is 1. The maximum absolute atomic E-state index is 13.8. The average molecular weight is 444 g/mol. The van der Waals surface area contributed by atoms with Gasteiger partial charge < -0.3 is 10.2 Å². The van der Waals surface area contributed by atoms with Crippen LogP contribution in [0.25, 0.3) is 0 Å². The molecule has 0 fully saturated rings. The van der Waals surface area contributed by atoms with Crippen molar-refractivity contribution in [1.29, 1.82) is 0 Å². The lowest BCUT2D eigenvalue weighted by atomic mass is 9.98. The Labute approximate surface area is 190 Å². The van der Waals surface area contributed by atoms with Crippen LogP contribution in [0.1, 0.15) is 40.8 Å². The molecular formula is C28H26FO2P. The Morgan fingerprint density at radius 1 is 0.750 bits per heavy atom. The molecule has 0 spiro atoms. The van der Waals surface area contributed by atoms with Crippen LogP contribution in [-0.2, 0) is 12.8 Å². The van der Waals surface area contributed by atoms with Gasteiger partial charge in [-0.25, -0.2) is 4.39 Å². The van der Waals surface area contributed by atoms with Crippen molar-refractivity contribution >= 4 is 19.2 Å². The summed E-state index contributed by atoms with van der Waals surface area (Å²) in [5, 5.41) is 22.9. The maximum atomic E-state index is 13.8. The van der Waals surface area contributed by atoms with Crippen molar-refractivity contribution in [3.8, 4) is 5.75 Å². The summed E-state index contributed by atoms with van der Waals surface area (Å²) in [4.78, 5) is 0. The van der Waals surface area contributed by atoms with Crippen LogP contribution in [0.4, 0.5) is 4.39 Å². The van der Waals surface area contributed by atoms with Crippen LogP contribution in [0.3, 0.4) is 0 Å². The smallest absolute Gasteiger partial charge is 0.126 e. The van der Waals surface area contributed by atoms with Gasteiger partial charge in [0, 0.05) is 11.7 Å². The second kappa shape index (κ2) is 10.1. The van der Waals surface area contributed by atoms with Gasteiger partial charge in [-0.3, -0.25) is 0 Å². The summed E-state index contributed by atoms with van der Waals surface area (Å²) < 4.78 is 13.8. The quantitative estimate of drug-likeness (QED) is 0.375. The Kier molecular flexibility index (Phi) is 6.99. The maximum Gasteiger partial charge on any atom is 0.126 e. The molecule has 2 N–H and O–H groups in total. The van der Waals surface area contributed by atoms with Crippen molar-refractivity contribution in [2.24, 2.45) is 0 Å². The molecule has 0 amide bonds. The minimum atomic E-state index is -0.786. The van der Waals surface area contributed by atoms with E-state index in [0.29, 0.717) is 12.0 Å². The number of hydrogen-bond donors (Lipinski definition) is 2. The predicted octanol–water partition coefficient (Wildman–Crippen LogP) is 5.40. The monoisotopic (exact) mass is 444 g/mol. The van der Waals surface area contributed by atoms with E-state index in [0.717, 1.165) is 33.7 Å². The summed E-state index contributed by atoms with van der Waals surface area (Å²) in [7, 11) is 0.101. The molecule has 0 radical (unpaired) electrons. The molecule has 162 valence electrons. The van der Waals surface area contributed by atoms with E-state index in [4.69, 9.17) is 0 Å². The first-order valence-corrected chi connectivity index (χ1v) is 11.7. The Morgan fingerprint density at radius 2 is 1.38 bits per heavy atom. The summed E-state index contributed by atoms with van der Waals surface area (Å²) in [6, 6.07) is 28.9. The van der Waals surface area contributed by atoms with Gasteiger partial charge in [0.25, 0.3) is 0 Å². The van der Waals surface area contributed by atoms with E-state index in [1.165, 1.54) is 17.7 Å². The summed E-state index contributed by atoms with van der Waals surface area (Å²) in [6.45, 7) is 1.63. The van der Waals surface area contributed by atoms with Crippen LogP contribution in [0.2, 0.25) is 0 Å². The highest BCUT2D eigenvalue weighted by atomic mass is 31.1. The molecule has 0 bridgehead atoms. The molecule has 0 aliphatic heterocycles. The van der Waals surface area contributed by atoms with E-state index in [2.05, 4.69) is 30.3 Å². The van der Waals surface area contributed by atoms with Crippen molar-refractivity contribution < 1.29 is 14.6 Å². The molecule has 2 atom stereocenters. The third-order valence-corrected chi connectivity index (χ3v) is 6.85. The molecule has 32 heavy (non-hydrogen) atoms. The molecule has 0 saturated heterocycles. The molecular weight excluding hydrogens is 418 g/mol. The van der Waals surface area contributed by atoms with Crippen LogP contribution in [0, 0.1) is 5.82 Å². The molecule has 0 aliphatic carbocycles. The molecule has 4 heteroatoms. The van der Waals surface area contributed by atoms with Gasteiger partial charge in [0.15, 0.2) is 0 Å². The van der Waals surface area contributed by atoms with Crippen LogP contribution in [-0.4, -0.2) is 10.2 Å². The third kappa shape index (κ3) is 5.43. The lowest BCUT2D eigenvalue weighted by molar-refractivity contribution is 0.200. The van der Waals surface area contributed by atoms with Crippen molar-refractivity contribution in [3.05, 3.63) is 125 Å². The van der Waals surface area contributed by atoms with E-state index >= 15 is 0 Å². The van der Waals surface area contributed by atoms with Gasteiger partial charge in [-0.15, -0.1) is 0 Å². The molecule has 0 heterocycles. The summed E-state index contributed by atoms with van der Waals surface area (Å²) in [5.74, 6) is -0.105. The molecule has 4 aromatic rings. The van der Waals surface area contributed by atoms with Gasteiger partial charge in [0.05, 0.1) is 6.10 Å². The van der Waals surface area contributed by atoms with E-state index < -0.39 is 6.10 Å². The lowest BCUT2D eigenvalue weighted by Gasteiger charge is -2.17. The zero-order valence-corrected chi connectivity index (χ0v) is 18.9. The lowest BCUT2D eigenvalue weighted by Crippen LogP contribution is -2.14. The zero-order chi connectivity index (χ0) is 22.5. The standard InChI is InChI=1S/C28H26FO2P/c1-19(30)25-18-24(29)12-13-26(25)32-27-17-22(14-20-8-4-2-5-9-20)16-23(28(27)31)15-21-10-6-3-7-11-21/h2-13,16-19,30-32H,14-15H2,1H3. The summed E-state index contributed by atoms with van der Waals surface area (Å²) in [6.07, 6.45) is 0.596. The fraction of sp³-hybridized carbons (Fsp3) is 0.143. The van der Waals surface area contributed by atoms with Crippen LogP contribution >= 0.6 is 8.58 Å². The predicted molar refractivity (Wildman–Crippen MR) is 131 cm³/mol. The number of rotatable bonds is 7. The number of benzene rings is 4. The molecule has 0 aromatic heterocycles. The number of aliphatic hydroxyl groups excluding tert-OH is 1. The summed E-state index contributed by atoms with van der Waals surface area (Å²) >= 11 is 0. The van der Waals surface area contributed by atoms with E-state index in [9.17, 15) is 14.6 Å². The molecule has 4 aromatic carbocycles. The van der Waals surface area contributed by atoms with Crippen LogP contribution in [0.15, 0.2) is 91.0 Å². The minimum absolute atomic E-state index is 0.101. The van der Waals surface area contributed by atoms with Crippen LogP contribution < -0.4 is 10.6 Å². The fourth-order valence-electron chi connectivity index (χ4n) is 3.88. The van der Waals surface area contributed by atoms with Crippen molar-refractivity contribution in [2.45, 2.75) is 25.9 Å². The Bertz CT molecular complexity index is 1190. The van der Waals surface area contributed by atoms with E-state index in [1.54, 1.807) is 13.0 Å². The van der Waals surface area contributed by atoms with Gasteiger partial charge in [0.1, 0.15) is 11.6 Å². The second-order valence-corrected chi connectivity index (χ2v) is 9.34. The number of phenolic OH excluding ortho intramolecular Hbond substituents is 1. The highest BCUT2D eigenvalue weighted by Gasteiger charge is 2.16. The topological polar surface area (TPSA) is 40.5 Å². The van der Waals surface area contributed by atoms with Crippen molar-refractivity contribution in [2.75, 3.05) is 0 Å². The highest BCUT2D eigenvalue weighted by molar-refractivity contribution is 7.55. The van der Waals surface area contributed by atoms with Gasteiger partial charge in [-0.1, -0.05) is 81.4 Å². The zero-order valence-electron chi connectivity index (χ0n) is 17.9. The first kappa shape index (κ1) is 22.2. The molecule has 2 nitrogen and oxygen atoms in total. The first-order valence-electron chi connectivity index (χ1n) is 10.7. The highest BCUT2D eigenvalue weighted by Crippen LogP contribution is 2.29. The summed E-state index contributed by atoms with van der Waals surface area (Å²) in [5.41, 5.74) is 4.86. The fourth-order valence-corrected chi connectivity index (χ4v) is 5.30. The number of hydrogen-bond acceptors (Lipinski definition) is 2. The van der Waals surface area contributed by atoms with Gasteiger partial charge in [-0.05, 0) is 64.7 Å². The van der Waals surface area contributed by atoms with Gasteiger partial charge >= 0.3 is 0 Å². The number of aromatic hydroxyl groups is 1. The Hall–Kier alpha value is -3.00. The van der Waals surface area contributed by atoms with E-state index in [1.807, 2.05) is 42.5 Å². The van der Waals surface area contributed by atoms with Crippen molar-refractivity contribution in [3.63, 3.8) is 0 Å². The minimum Gasteiger partial charge on any atom is -0.507 e. The molecule has 4 rings (SSSR count). The number of phenols is 1. The number of halogens is 1. The van der Waals surface area contributed by atoms with Crippen LogP contribution in [0.5, 0.6) is 5.75 Å². The Morgan fingerprint density at radius 3 is 2.00 bits per heavy atom.